The maximum Gasteiger partial charge on any atom is 0.342 e. The SMILES string of the molecule is N#Cc1ccc(COC(=O)c2c(F)cccc2Cl)cc1. The molecule has 2 aromatic carbocycles. The Balaban J connectivity index is 2.07. The Bertz CT molecular complexity index is 657. The zero-order chi connectivity index (χ0) is 14.5. The number of ether oxygens (including phenoxy) is 1. The highest BCUT2D eigenvalue weighted by Gasteiger charge is 2.17. The number of rotatable bonds is 3. The van der Waals surface area contributed by atoms with Gasteiger partial charge in [0.05, 0.1) is 16.7 Å². The van der Waals surface area contributed by atoms with E-state index < -0.39 is 11.8 Å². The molecule has 0 bridgehead atoms. The molecule has 0 saturated carbocycles. The normalized spacial score (nSPS) is 9.85. The minimum absolute atomic E-state index is 0.00910. The zero-order valence-electron chi connectivity index (χ0n) is 10.3. The average Bonchev–Trinajstić information content (AvgIpc) is 2.45. The van der Waals surface area contributed by atoms with Crippen molar-refractivity contribution in [2.24, 2.45) is 0 Å². The van der Waals surface area contributed by atoms with Crippen LogP contribution in [0.1, 0.15) is 21.5 Å². The van der Waals surface area contributed by atoms with Gasteiger partial charge >= 0.3 is 5.97 Å². The number of benzene rings is 2. The first-order chi connectivity index (χ1) is 9.61. The van der Waals surface area contributed by atoms with E-state index in [0.717, 1.165) is 6.07 Å². The van der Waals surface area contributed by atoms with Crippen LogP contribution >= 0.6 is 11.6 Å². The third kappa shape index (κ3) is 3.14. The van der Waals surface area contributed by atoms with Crippen molar-refractivity contribution in [2.75, 3.05) is 0 Å². The molecular weight excluding hydrogens is 281 g/mol. The third-order valence-corrected chi connectivity index (χ3v) is 2.93. The van der Waals surface area contributed by atoms with E-state index in [2.05, 4.69) is 0 Å². The van der Waals surface area contributed by atoms with Crippen LogP contribution in [0, 0.1) is 17.1 Å². The van der Waals surface area contributed by atoms with Crippen molar-refractivity contribution in [3.05, 3.63) is 70.0 Å². The highest BCUT2D eigenvalue weighted by atomic mass is 35.5. The summed E-state index contributed by atoms with van der Waals surface area (Å²) in [6, 6.07) is 12.5. The predicted octanol–water partition coefficient (Wildman–Crippen LogP) is 3.71. The molecule has 3 nitrogen and oxygen atoms in total. The maximum absolute atomic E-state index is 13.5. The van der Waals surface area contributed by atoms with Gasteiger partial charge in [-0.15, -0.1) is 0 Å². The fraction of sp³-hybridized carbons (Fsp3) is 0.0667. The van der Waals surface area contributed by atoms with Crippen LogP contribution in [0.2, 0.25) is 5.02 Å². The van der Waals surface area contributed by atoms with Gasteiger partial charge in [-0.3, -0.25) is 0 Å². The second kappa shape index (κ2) is 6.18. The molecule has 5 heteroatoms. The van der Waals surface area contributed by atoms with Crippen LogP contribution in [0.3, 0.4) is 0 Å². The van der Waals surface area contributed by atoms with Crippen molar-refractivity contribution >= 4 is 17.6 Å². The second-order valence-electron chi connectivity index (χ2n) is 3.98. The summed E-state index contributed by atoms with van der Waals surface area (Å²) >= 11 is 5.77. The summed E-state index contributed by atoms with van der Waals surface area (Å²) in [6.07, 6.45) is 0. The predicted molar refractivity (Wildman–Crippen MR) is 71.7 cm³/mol. The molecule has 0 fully saturated rings. The monoisotopic (exact) mass is 289 g/mol. The zero-order valence-corrected chi connectivity index (χ0v) is 11.0. The Morgan fingerprint density at radius 3 is 2.55 bits per heavy atom. The van der Waals surface area contributed by atoms with E-state index in [1.54, 1.807) is 24.3 Å². The molecule has 0 aliphatic carbocycles. The van der Waals surface area contributed by atoms with Crippen LogP contribution in [-0.4, -0.2) is 5.97 Å². The van der Waals surface area contributed by atoms with E-state index >= 15 is 0 Å². The van der Waals surface area contributed by atoms with Crippen molar-refractivity contribution in [3.8, 4) is 6.07 Å². The molecule has 0 aromatic heterocycles. The second-order valence-corrected chi connectivity index (χ2v) is 4.39. The van der Waals surface area contributed by atoms with Gasteiger partial charge in [-0.2, -0.15) is 5.26 Å². The highest BCUT2D eigenvalue weighted by molar-refractivity contribution is 6.33. The molecule has 0 atom stereocenters. The number of esters is 1. The van der Waals surface area contributed by atoms with Crippen molar-refractivity contribution in [2.45, 2.75) is 6.61 Å². The van der Waals surface area contributed by atoms with Crippen molar-refractivity contribution in [1.82, 2.24) is 0 Å². The van der Waals surface area contributed by atoms with Gasteiger partial charge in [0.2, 0.25) is 0 Å². The molecule has 0 aliphatic heterocycles. The molecule has 0 aliphatic rings. The van der Waals surface area contributed by atoms with Crippen LogP contribution in [0.15, 0.2) is 42.5 Å². The van der Waals surface area contributed by atoms with E-state index in [-0.39, 0.29) is 17.2 Å². The maximum atomic E-state index is 13.5. The van der Waals surface area contributed by atoms with Gasteiger partial charge in [-0.1, -0.05) is 29.8 Å². The molecule has 2 rings (SSSR count). The number of nitriles is 1. The van der Waals surface area contributed by atoms with Crippen LogP contribution in [-0.2, 0) is 11.3 Å². The lowest BCUT2D eigenvalue weighted by atomic mass is 10.1. The summed E-state index contributed by atoms with van der Waals surface area (Å²) in [5.41, 5.74) is 0.935. The van der Waals surface area contributed by atoms with E-state index in [9.17, 15) is 9.18 Å². The lowest BCUT2D eigenvalue weighted by molar-refractivity contribution is 0.0467. The van der Waals surface area contributed by atoms with Gasteiger partial charge in [-0.25, -0.2) is 9.18 Å². The van der Waals surface area contributed by atoms with Gasteiger partial charge in [0.25, 0.3) is 0 Å². The number of carbonyl (C=O) groups is 1. The first kappa shape index (κ1) is 14.0. The van der Waals surface area contributed by atoms with Crippen molar-refractivity contribution in [1.29, 1.82) is 5.26 Å². The summed E-state index contributed by atoms with van der Waals surface area (Å²) < 4.78 is 18.5. The lowest BCUT2D eigenvalue weighted by Gasteiger charge is -2.07. The number of halogens is 2. The number of carbonyl (C=O) groups excluding carboxylic acids is 1. The van der Waals surface area contributed by atoms with Crippen LogP contribution in [0.5, 0.6) is 0 Å². The molecule has 20 heavy (non-hydrogen) atoms. The molecule has 0 unspecified atom stereocenters. The molecular formula is C15H9ClFNO2. The molecule has 0 saturated heterocycles. The Labute approximate surface area is 120 Å². The van der Waals surface area contributed by atoms with Crippen molar-refractivity contribution < 1.29 is 13.9 Å². The molecule has 0 radical (unpaired) electrons. The fourth-order valence-corrected chi connectivity index (χ4v) is 1.83. The Morgan fingerprint density at radius 2 is 1.95 bits per heavy atom. The number of hydrogen-bond donors (Lipinski definition) is 0. The Morgan fingerprint density at radius 1 is 1.25 bits per heavy atom. The van der Waals surface area contributed by atoms with E-state index in [1.807, 2.05) is 6.07 Å². The minimum atomic E-state index is -0.822. The van der Waals surface area contributed by atoms with Gasteiger partial charge in [-0.05, 0) is 29.8 Å². The highest BCUT2D eigenvalue weighted by Crippen LogP contribution is 2.20. The third-order valence-electron chi connectivity index (χ3n) is 2.62. The standard InChI is InChI=1S/C15H9ClFNO2/c16-12-2-1-3-13(17)14(12)15(19)20-9-11-6-4-10(8-18)5-7-11/h1-7H,9H2. The van der Waals surface area contributed by atoms with Crippen LogP contribution < -0.4 is 0 Å². The average molecular weight is 290 g/mol. The van der Waals surface area contributed by atoms with E-state index in [4.69, 9.17) is 21.6 Å². The Kier molecular flexibility index (Phi) is 4.34. The summed E-state index contributed by atoms with van der Waals surface area (Å²) in [6.45, 7) is -0.0186. The van der Waals surface area contributed by atoms with Gasteiger partial charge in [0.15, 0.2) is 0 Å². The first-order valence-electron chi connectivity index (χ1n) is 5.72. The fourth-order valence-electron chi connectivity index (χ4n) is 1.59. The smallest absolute Gasteiger partial charge is 0.342 e. The van der Waals surface area contributed by atoms with E-state index in [1.165, 1.54) is 12.1 Å². The van der Waals surface area contributed by atoms with Crippen LogP contribution in [0.4, 0.5) is 4.39 Å². The van der Waals surface area contributed by atoms with Crippen LogP contribution in [0.25, 0.3) is 0 Å². The number of hydrogen-bond acceptors (Lipinski definition) is 3. The van der Waals surface area contributed by atoms with Gasteiger partial charge in [0, 0.05) is 0 Å². The molecule has 0 spiro atoms. The van der Waals surface area contributed by atoms with Gasteiger partial charge in [0.1, 0.15) is 18.0 Å². The molecule has 2 aromatic rings. The summed E-state index contributed by atoms with van der Waals surface area (Å²) in [4.78, 5) is 11.8. The summed E-state index contributed by atoms with van der Waals surface area (Å²) in [5.74, 6) is -1.54. The molecule has 0 heterocycles. The Hall–Kier alpha value is -2.38. The lowest BCUT2D eigenvalue weighted by Crippen LogP contribution is -2.08. The first-order valence-corrected chi connectivity index (χ1v) is 6.10. The molecule has 0 N–H and O–H groups in total. The topological polar surface area (TPSA) is 50.1 Å². The van der Waals surface area contributed by atoms with E-state index in [0.29, 0.717) is 11.1 Å². The van der Waals surface area contributed by atoms with Crippen molar-refractivity contribution in [3.63, 3.8) is 0 Å². The quantitative estimate of drug-likeness (QED) is 0.809. The summed E-state index contributed by atoms with van der Waals surface area (Å²) in [5, 5.41) is 8.67. The molecule has 0 amide bonds. The summed E-state index contributed by atoms with van der Waals surface area (Å²) in [7, 11) is 0. The minimum Gasteiger partial charge on any atom is -0.457 e. The number of nitrogens with zero attached hydrogens (tertiary/aromatic N) is 1. The largest absolute Gasteiger partial charge is 0.457 e. The van der Waals surface area contributed by atoms with Gasteiger partial charge < -0.3 is 4.74 Å². The molecule has 100 valence electrons.